The van der Waals surface area contributed by atoms with Crippen LogP contribution in [0.15, 0.2) is 42.5 Å². The number of carbonyl (C=O) groups is 2. The van der Waals surface area contributed by atoms with E-state index in [0.717, 1.165) is 6.42 Å². The lowest BCUT2D eigenvalue weighted by Crippen LogP contribution is -2.30. The molecule has 0 radical (unpaired) electrons. The van der Waals surface area contributed by atoms with Gasteiger partial charge in [0.25, 0.3) is 5.91 Å². The summed E-state index contributed by atoms with van der Waals surface area (Å²) in [4.78, 5) is 23.6. The van der Waals surface area contributed by atoms with Gasteiger partial charge in [-0.25, -0.2) is 4.79 Å². The zero-order valence-corrected chi connectivity index (χ0v) is 14.1. The highest BCUT2D eigenvalue weighted by Crippen LogP contribution is 2.19. The van der Waals surface area contributed by atoms with Crippen LogP contribution in [0.2, 0.25) is 5.02 Å². The molecule has 5 nitrogen and oxygen atoms in total. The normalized spacial score (nSPS) is 10.2. The number of aryl methyl sites for hydroxylation is 1. The molecule has 0 heterocycles. The number of hydrogen-bond donors (Lipinski definition) is 2. The summed E-state index contributed by atoms with van der Waals surface area (Å²) in [5.41, 5.74) is 8.52. The third-order valence-corrected chi connectivity index (χ3v) is 3.89. The summed E-state index contributed by atoms with van der Waals surface area (Å²) in [5.74, 6) is -0.966. The van der Waals surface area contributed by atoms with Crippen molar-refractivity contribution in [2.24, 2.45) is 0 Å². The SMILES string of the molecule is Cc1ccccc1CCNC(=O)COC(=O)c1ccc(Cl)c(N)c1. The van der Waals surface area contributed by atoms with E-state index in [9.17, 15) is 9.59 Å². The van der Waals surface area contributed by atoms with E-state index in [1.807, 2.05) is 31.2 Å². The topological polar surface area (TPSA) is 81.4 Å². The molecule has 0 saturated carbocycles. The van der Waals surface area contributed by atoms with Crippen LogP contribution in [0.4, 0.5) is 5.69 Å². The molecule has 0 aliphatic rings. The summed E-state index contributed by atoms with van der Waals surface area (Å²) in [6.45, 7) is 2.17. The van der Waals surface area contributed by atoms with Crippen molar-refractivity contribution in [1.29, 1.82) is 0 Å². The number of rotatable bonds is 6. The van der Waals surface area contributed by atoms with Crippen LogP contribution < -0.4 is 11.1 Å². The fourth-order valence-corrected chi connectivity index (χ4v) is 2.28. The van der Waals surface area contributed by atoms with Crippen molar-refractivity contribution >= 4 is 29.2 Å². The Bertz CT molecular complexity index is 747. The molecule has 0 bridgehead atoms. The Morgan fingerprint density at radius 3 is 2.67 bits per heavy atom. The van der Waals surface area contributed by atoms with Gasteiger partial charge in [0.2, 0.25) is 0 Å². The van der Waals surface area contributed by atoms with Gasteiger partial charge in [-0.3, -0.25) is 4.79 Å². The minimum absolute atomic E-state index is 0.254. The van der Waals surface area contributed by atoms with Gasteiger partial charge in [-0.15, -0.1) is 0 Å². The predicted molar refractivity (Wildman–Crippen MR) is 94.0 cm³/mol. The fraction of sp³-hybridized carbons (Fsp3) is 0.222. The van der Waals surface area contributed by atoms with E-state index in [4.69, 9.17) is 22.1 Å². The first-order valence-corrected chi connectivity index (χ1v) is 7.88. The van der Waals surface area contributed by atoms with Gasteiger partial charge < -0.3 is 15.8 Å². The highest BCUT2D eigenvalue weighted by molar-refractivity contribution is 6.33. The van der Waals surface area contributed by atoms with Crippen molar-refractivity contribution in [2.45, 2.75) is 13.3 Å². The van der Waals surface area contributed by atoms with Gasteiger partial charge in [0.05, 0.1) is 16.3 Å². The maximum atomic E-state index is 11.9. The Morgan fingerprint density at radius 2 is 1.96 bits per heavy atom. The average molecular weight is 347 g/mol. The van der Waals surface area contributed by atoms with Crippen molar-refractivity contribution in [3.63, 3.8) is 0 Å². The number of ether oxygens (including phenoxy) is 1. The molecule has 0 atom stereocenters. The van der Waals surface area contributed by atoms with Crippen LogP contribution in [0.5, 0.6) is 0 Å². The van der Waals surface area contributed by atoms with Gasteiger partial charge in [-0.1, -0.05) is 35.9 Å². The lowest BCUT2D eigenvalue weighted by Gasteiger charge is -2.08. The van der Waals surface area contributed by atoms with E-state index < -0.39 is 5.97 Å². The third kappa shape index (κ3) is 4.99. The molecular weight excluding hydrogens is 328 g/mol. The van der Waals surface area contributed by atoms with Crippen molar-refractivity contribution in [1.82, 2.24) is 5.32 Å². The zero-order chi connectivity index (χ0) is 17.5. The second-order valence-electron chi connectivity index (χ2n) is 5.34. The second kappa shape index (κ2) is 8.36. The van der Waals surface area contributed by atoms with Crippen LogP contribution in [0.3, 0.4) is 0 Å². The third-order valence-electron chi connectivity index (χ3n) is 3.54. The van der Waals surface area contributed by atoms with Gasteiger partial charge >= 0.3 is 5.97 Å². The first kappa shape index (κ1) is 17.8. The number of esters is 1. The van der Waals surface area contributed by atoms with Gasteiger partial charge in [-0.05, 0) is 42.7 Å². The fourth-order valence-electron chi connectivity index (χ4n) is 2.16. The minimum Gasteiger partial charge on any atom is -0.452 e. The number of hydrogen-bond acceptors (Lipinski definition) is 4. The van der Waals surface area contributed by atoms with Crippen LogP contribution in [-0.2, 0) is 16.0 Å². The highest BCUT2D eigenvalue weighted by Gasteiger charge is 2.11. The number of amides is 1. The summed E-state index contributed by atoms with van der Waals surface area (Å²) < 4.78 is 4.96. The quantitative estimate of drug-likeness (QED) is 0.622. The molecular formula is C18H19ClN2O3. The Kier molecular flexibility index (Phi) is 6.21. The molecule has 0 aromatic heterocycles. The van der Waals surface area contributed by atoms with E-state index in [1.165, 1.54) is 29.3 Å². The number of anilines is 1. The van der Waals surface area contributed by atoms with Crippen molar-refractivity contribution in [3.05, 3.63) is 64.2 Å². The van der Waals surface area contributed by atoms with Crippen LogP contribution in [0.25, 0.3) is 0 Å². The standard InChI is InChI=1S/C18H19ClN2O3/c1-12-4-2-3-5-13(12)8-9-21-17(22)11-24-18(23)14-6-7-15(19)16(20)10-14/h2-7,10H,8-9,11,20H2,1H3,(H,21,22). The molecule has 0 saturated heterocycles. The molecule has 2 rings (SSSR count). The first-order valence-electron chi connectivity index (χ1n) is 7.50. The first-order chi connectivity index (χ1) is 11.5. The van der Waals surface area contributed by atoms with E-state index in [2.05, 4.69) is 5.32 Å². The smallest absolute Gasteiger partial charge is 0.338 e. The molecule has 24 heavy (non-hydrogen) atoms. The Hall–Kier alpha value is -2.53. The lowest BCUT2D eigenvalue weighted by atomic mass is 10.1. The van der Waals surface area contributed by atoms with Crippen molar-refractivity contribution < 1.29 is 14.3 Å². The molecule has 0 spiro atoms. The molecule has 126 valence electrons. The molecule has 2 aromatic rings. The van der Waals surface area contributed by atoms with Gasteiger partial charge in [0.1, 0.15) is 0 Å². The van der Waals surface area contributed by atoms with Crippen LogP contribution in [0, 0.1) is 6.92 Å². The Balaban J connectivity index is 1.75. The number of nitrogens with two attached hydrogens (primary N) is 1. The molecule has 1 amide bonds. The minimum atomic E-state index is -0.618. The Labute approximate surface area is 145 Å². The van der Waals surface area contributed by atoms with Crippen LogP contribution in [0.1, 0.15) is 21.5 Å². The Morgan fingerprint density at radius 1 is 1.21 bits per heavy atom. The molecule has 0 unspecified atom stereocenters. The summed E-state index contributed by atoms with van der Waals surface area (Å²) in [6.07, 6.45) is 0.722. The van der Waals surface area contributed by atoms with E-state index in [0.29, 0.717) is 11.6 Å². The van der Waals surface area contributed by atoms with E-state index in [-0.39, 0.29) is 23.8 Å². The maximum Gasteiger partial charge on any atom is 0.338 e. The summed E-state index contributed by atoms with van der Waals surface area (Å²) in [7, 11) is 0. The highest BCUT2D eigenvalue weighted by atomic mass is 35.5. The molecule has 2 aromatic carbocycles. The number of nitrogen functional groups attached to an aromatic ring is 1. The second-order valence-corrected chi connectivity index (χ2v) is 5.75. The molecule has 6 heteroatoms. The van der Waals surface area contributed by atoms with Gasteiger partial charge in [-0.2, -0.15) is 0 Å². The van der Waals surface area contributed by atoms with Crippen LogP contribution in [-0.4, -0.2) is 25.0 Å². The average Bonchev–Trinajstić information content (AvgIpc) is 2.57. The van der Waals surface area contributed by atoms with Gasteiger partial charge in [0, 0.05) is 6.54 Å². The number of halogens is 1. The zero-order valence-electron chi connectivity index (χ0n) is 13.3. The molecule has 0 fully saturated rings. The van der Waals surface area contributed by atoms with Gasteiger partial charge in [0.15, 0.2) is 6.61 Å². The van der Waals surface area contributed by atoms with Crippen molar-refractivity contribution in [2.75, 3.05) is 18.9 Å². The number of benzene rings is 2. The molecule has 3 N–H and O–H groups in total. The largest absolute Gasteiger partial charge is 0.452 e. The summed E-state index contributed by atoms with van der Waals surface area (Å²) in [6, 6.07) is 12.4. The monoisotopic (exact) mass is 346 g/mol. The summed E-state index contributed by atoms with van der Waals surface area (Å²) in [5, 5.41) is 3.09. The molecule has 0 aliphatic heterocycles. The lowest BCUT2D eigenvalue weighted by molar-refractivity contribution is -0.124. The summed E-state index contributed by atoms with van der Waals surface area (Å²) >= 11 is 5.79. The number of nitrogens with one attached hydrogen (secondary N) is 1. The van der Waals surface area contributed by atoms with E-state index >= 15 is 0 Å². The van der Waals surface area contributed by atoms with Crippen molar-refractivity contribution in [3.8, 4) is 0 Å². The maximum absolute atomic E-state index is 11.9. The molecule has 0 aliphatic carbocycles. The van der Waals surface area contributed by atoms with E-state index in [1.54, 1.807) is 0 Å². The van der Waals surface area contributed by atoms with Crippen LogP contribution >= 0.6 is 11.6 Å². The predicted octanol–water partition coefficient (Wildman–Crippen LogP) is 2.75. The number of carbonyl (C=O) groups excluding carboxylic acids is 2.